The number of hydrogen-bond donors (Lipinski definition) is 1. The highest BCUT2D eigenvalue weighted by atomic mass is 16.2. The Morgan fingerprint density at radius 2 is 2.29 bits per heavy atom. The Kier molecular flexibility index (Phi) is 3.79. The van der Waals surface area contributed by atoms with Crippen LogP contribution < -0.4 is 10.6 Å². The molecule has 1 aliphatic heterocycles. The lowest BCUT2D eigenvalue weighted by Gasteiger charge is -2.16. The van der Waals surface area contributed by atoms with Crippen molar-refractivity contribution < 1.29 is 4.79 Å². The van der Waals surface area contributed by atoms with E-state index in [0.717, 1.165) is 38.0 Å². The molecule has 0 spiro atoms. The lowest BCUT2D eigenvalue weighted by atomic mass is 10.0. The van der Waals surface area contributed by atoms with E-state index in [-0.39, 0.29) is 5.91 Å². The largest absolute Gasteiger partial charge is 0.330 e. The zero-order valence-corrected chi connectivity index (χ0v) is 10.4. The quantitative estimate of drug-likeness (QED) is 0.861. The van der Waals surface area contributed by atoms with Gasteiger partial charge >= 0.3 is 0 Å². The predicted molar refractivity (Wildman–Crippen MR) is 70.2 cm³/mol. The predicted octanol–water partition coefficient (Wildman–Crippen LogP) is 1.88. The molecule has 1 aliphatic rings. The summed E-state index contributed by atoms with van der Waals surface area (Å²) in [5, 5.41) is 0. The molecule has 92 valence electrons. The van der Waals surface area contributed by atoms with Crippen LogP contribution in [0.5, 0.6) is 0 Å². The van der Waals surface area contributed by atoms with Gasteiger partial charge in [-0.15, -0.1) is 0 Å². The van der Waals surface area contributed by atoms with E-state index in [1.165, 1.54) is 11.1 Å². The second-order valence-electron chi connectivity index (χ2n) is 4.50. The van der Waals surface area contributed by atoms with Crippen LogP contribution in [-0.4, -0.2) is 19.0 Å². The number of aryl methyl sites for hydroxylation is 1. The molecule has 0 aromatic heterocycles. The molecule has 0 bridgehead atoms. The normalized spacial score (nSPS) is 13.9. The maximum Gasteiger partial charge on any atom is 0.226 e. The molecule has 0 fully saturated rings. The molecule has 0 atom stereocenters. The molecular weight excluding hydrogens is 212 g/mol. The van der Waals surface area contributed by atoms with Gasteiger partial charge in [0.25, 0.3) is 0 Å². The fraction of sp³-hybridized carbons (Fsp3) is 0.500. The fourth-order valence-corrected chi connectivity index (χ4v) is 2.37. The van der Waals surface area contributed by atoms with Crippen LogP contribution in [0.2, 0.25) is 0 Å². The Labute approximate surface area is 103 Å². The van der Waals surface area contributed by atoms with Crippen molar-refractivity contribution in [1.82, 2.24) is 0 Å². The molecule has 0 unspecified atom stereocenters. The summed E-state index contributed by atoms with van der Waals surface area (Å²) in [5.41, 5.74) is 9.26. The molecule has 0 radical (unpaired) electrons. The van der Waals surface area contributed by atoms with Crippen LogP contribution in [-0.2, 0) is 17.6 Å². The highest BCUT2D eigenvalue weighted by Crippen LogP contribution is 2.29. The Bertz CT molecular complexity index is 415. The summed E-state index contributed by atoms with van der Waals surface area (Å²) >= 11 is 0. The van der Waals surface area contributed by atoms with Crippen molar-refractivity contribution in [3.8, 4) is 0 Å². The van der Waals surface area contributed by atoms with Crippen LogP contribution >= 0.6 is 0 Å². The first-order valence-electron chi connectivity index (χ1n) is 6.38. The van der Waals surface area contributed by atoms with Crippen LogP contribution in [0.3, 0.4) is 0 Å². The van der Waals surface area contributed by atoms with E-state index >= 15 is 0 Å². The molecule has 0 aliphatic carbocycles. The number of benzene rings is 1. The minimum absolute atomic E-state index is 0.221. The van der Waals surface area contributed by atoms with Gasteiger partial charge in [-0.3, -0.25) is 4.79 Å². The first-order chi connectivity index (χ1) is 8.26. The van der Waals surface area contributed by atoms with E-state index < -0.39 is 0 Å². The fourth-order valence-electron chi connectivity index (χ4n) is 2.37. The molecule has 0 saturated carbocycles. The third-order valence-corrected chi connectivity index (χ3v) is 3.31. The van der Waals surface area contributed by atoms with Gasteiger partial charge in [-0.2, -0.15) is 0 Å². The third kappa shape index (κ3) is 2.50. The van der Waals surface area contributed by atoms with Gasteiger partial charge in [0.1, 0.15) is 0 Å². The van der Waals surface area contributed by atoms with Crippen molar-refractivity contribution in [2.75, 3.05) is 18.0 Å². The molecule has 2 N–H and O–H groups in total. The van der Waals surface area contributed by atoms with Crippen molar-refractivity contribution >= 4 is 11.6 Å². The minimum atomic E-state index is 0.221. The van der Waals surface area contributed by atoms with Crippen LogP contribution in [0.25, 0.3) is 0 Å². The highest BCUT2D eigenvalue weighted by Gasteiger charge is 2.23. The first kappa shape index (κ1) is 12.1. The second kappa shape index (κ2) is 5.32. The number of hydrogen-bond acceptors (Lipinski definition) is 2. The van der Waals surface area contributed by atoms with Gasteiger partial charge in [0.2, 0.25) is 5.91 Å². The lowest BCUT2D eigenvalue weighted by molar-refractivity contribution is -0.118. The monoisotopic (exact) mass is 232 g/mol. The topological polar surface area (TPSA) is 46.3 Å². The molecule has 0 saturated heterocycles. The maximum absolute atomic E-state index is 11.7. The molecular formula is C14H20N2O. The average molecular weight is 232 g/mol. The van der Waals surface area contributed by atoms with Gasteiger partial charge in [-0.1, -0.05) is 19.1 Å². The number of anilines is 1. The summed E-state index contributed by atoms with van der Waals surface area (Å²) in [5.74, 6) is 0.221. The molecule has 3 heteroatoms. The Morgan fingerprint density at radius 1 is 1.47 bits per heavy atom. The van der Waals surface area contributed by atoms with E-state index in [1.54, 1.807) is 0 Å². The minimum Gasteiger partial charge on any atom is -0.330 e. The number of amides is 1. The van der Waals surface area contributed by atoms with Gasteiger partial charge in [-0.25, -0.2) is 0 Å². The Hall–Kier alpha value is -1.35. The maximum atomic E-state index is 11.7. The van der Waals surface area contributed by atoms with Gasteiger partial charge in [0, 0.05) is 18.7 Å². The second-order valence-corrected chi connectivity index (χ2v) is 4.50. The van der Waals surface area contributed by atoms with Crippen molar-refractivity contribution in [3.05, 3.63) is 29.3 Å². The van der Waals surface area contributed by atoms with E-state index in [0.29, 0.717) is 6.42 Å². The van der Waals surface area contributed by atoms with Crippen molar-refractivity contribution in [1.29, 1.82) is 0 Å². The Morgan fingerprint density at radius 3 is 3.00 bits per heavy atom. The van der Waals surface area contributed by atoms with Crippen LogP contribution in [0.1, 0.15) is 30.9 Å². The van der Waals surface area contributed by atoms with E-state index in [2.05, 4.69) is 18.2 Å². The molecule has 3 nitrogen and oxygen atoms in total. The SMILES string of the molecule is CCC(=O)N1CCc2cc(CCCN)ccc21. The standard InChI is InChI=1S/C14H20N2O/c1-2-14(17)16-9-7-12-10-11(4-3-8-15)5-6-13(12)16/h5-6,10H,2-4,7-9,15H2,1H3. The van der Waals surface area contributed by atoms with Gasteiger partial charge in [-0.05, 0) is 43.0 Å². The molecule has 1 heterocycles. The number of carbonyl (C=O) groups excluding carboxylic acids is 1. The van der Waals surface area contributed by atoms with E-state index in [9.17, 15) is 4.79 Å². The summed E-state index contributed by atoms with van der Waals surface area (Å²) in [6, 6.07) is 6.44. The summed E-state index contributed by atoms with van der Waals surface area (Å²) in [6.45, 7) is 3.48. The van der Waals surface area contributed by atoms with Gasteiger partial charge < -0.3 is 10.6 Å². The van der Waals surface area contributed by atoms with Crippen LogP contribution in [0, 0.1) is 0 Å². The van der Waals surface area contributed by atoms with E-state index in [1.807, 2.05) is 11.8 Å². The van der Waals surface area contributed by atoms with Crippen molar-refractivity contribution in [2.45, 2.75) is 32.6 Å². The first-order valence-corrected chi connectivity index (χ1v) is 6.38. The number of nitrogens with zero attached hydrogens (tertiary/aromatic N) is 1. The van der Waals surface area contributed by atoms with Crippen LogP contribution in [0.4, 0.5) is 5.69 Å². The van der Waals surface area contributed by atoms with E-state index in [4.69, 9.17) is 5.73 Å². The van der Waals surface area contributed by atoms with Gasteiger partial charge in [0.15, 0.2) is 0 Å². The number of carbonyl (C=O) groups is 1. The summed E-state index contributed by atoms with van der Waals surface area (Å²) in [4.78, 5) is 13.6. The van der Waals surface area contributed by atoms with Crippen molar-refractivity contribution in [3.63, 3.8) is 0 Å². The molecule has 17 heavy (non-hydrogen) atoms. The van der Waals surface area contributed by atoms with Crippen LogP contribution in [0.15, 0.2) is 18.2 Å². The molecule has 1 aromatic rings. The number of nitrogens with two attached hydrogens (primary N) is 1. The Balaban J connectivity index is 2.16. The third-order valence-electron chi connectivity index (χ3n) is 3.31. The zero-order chi connectivity index (χ0) is 12.3. The average Bonchev–Trinajstić information content (AvgIpc) is 2.78. The number of rotatable bonds is 4. The summed E-state index contributed by atoms with van der Waals surface area (Å²) in [7, 11) is 0. The summed E-state index contributed by atoms with van der Waals surface area (Å²) in [6.07, 6.45) is 3.62. The highest BCUT2D eigenvalue weighted by molar-refractivity contribution is 5.95. The molecule has 2 rings (SSSR count). The molecule has 1 amide bonds. The zero-order valence-electron chi connectivity index (χ0n) is 10.4. The molecule has 1 aromatic carbocycles. The van der Waals surface area contributed by atoms with Crippen molar-refractivity contribution in [2.24, 2.45) is 5.73 Å². The van der Waals surface area contributed by atoms with Gasteiger partial charge in [0.05, 0.1) is 0 Å². The lowest BCUT2D eigenvalue weighted by Crippen LogP contribution is -2.27. The summed E-state index contributed by atoms with van der Waals surface area (Å²) < 4.78 is 0. The smallest absolute Gasteiger partial charge is 0.226 e. The number of fused-ring (bicyclic) bond motifs is 1.